The molecule has 0 saturated carbocycles. The van der Waals surface area contributed by atoms with Gasteiger partial charge < -0.3 is 9.90 Å². The molecule has 0 amide bonds. The number of hydrogen-bond donors (Lipinski definition) is 1. The third kappa shape index (κ3) is 2.90. The Morgan fingerprint density at radius 3 is 2.38 bits per heavy atom. The molecular weight excluding hydrogens is 164 g/mol. The van der Waals surface area contributed by atoms with E-state index in [-0.39, 0.29) is 17.5 Å². The lowest BCUT2D eigenvalue weighted by Gasteiger charge is -2.09. The van der Waals surface area contributed by atoms with Crippen LogP contribution in [0.3, 0.4) is 0 Å². The SMILES string of the molecule is CC(=O)C[C@@H](C)c1ccc(O)cc1. The monoisotopic (exact) mass is 178 g/mol. The Morgan fingerprint density at radius 1 is 1.38 bits per heavy atom. The largest absolute Gasteiger partial charge is 0.508 e. The van der Waals surface area contributed by atoms with E-state index >= 15 is 0 Å². The number of carbonyl (C=O) groups excluding carboxylic acids is 1. The van der Waals surface area contributed by atoms with Crippen molar-refractivity contribution in [3.63, 3.8) is 0 Å². The molecule has 70 valence electrons. The Kier molecular flexibility index (Phi) is 3.07. The van der Waals surface area contributed by atoms with Crippen LogP contribution in [0.15, 0.2) is 24.3 Å². The number of aromatic hydroxyl groups is 1. The number of benzene rings is 1. The predicted molar refractivity (Wildman–Crippen MR) is 51.8 cm³/mol. The van der Waals surface area contributed by atoms with Gasteiger partial charge in [-0.25, -0.2) is 0 Å². The van der Waals surface area contributed by atoms with Gasteiger partial charge in [-0.15, -0.1) is 0 Å². The summed E-state index contributed by atoms with van der Waals surface area (Å²) in [5.74, 6) is 0.692. The lowest BCUT2D eigenvalue weighted by atomic mass is 9.96. The Balaban J connectivity index is 2.71. The molecule has 0 aliphatic rings. The molecule has 0 heterocycles. The summed E-state index contributed by atoms with van der Waals surface area (Å²) in [6, 6.07) is 6.99. The molecule has 0 aliphatic heterocycles. The molecule has 0 spiro atoms. The zero-order valence-corrected chi connectivity index (χ0v) is 7.95. The fourth-order valence-electron chi connectivity index (χ4n) is 1.35. The molecule has 2 heteroatoms. The third-order valence-electron chi connectivity index (χ3n) is 2.06. The van der Waals surface area contributed by atoms with Crippen LogP contribution in [0, 0.1) is 0 Å². The molecule has 0 saturated heterocycles. The number of phenols is 1. The van der Waals surface area contributed by atoms with E-state index in [0.29, 0.717) is 6.42 Å². The maximum atomic E-state index is 10.8. The Hall–Kier alpha value is -1.31. The first-order valence-electron chi connectivity index (χ1n) is 4.38. The van der Waals surface area contributed by atoms with Crippen LogP contribution < -0.4 is 0 Å². The van der Waals surface area contributed by atoms with Gasteiger partial charge >= 0.3 is 0 Å². The first kappa shape index (κ1) is 9.78. The highest BCUT2D eigenvalue weighted by Gasteiger charge is 2.07. The normalized spacial score (nSPS) is 12.5. The maximum Gasteiger partial charge on any atom is 0.130 e. The first-order chi connectivity index (χ1) is 6.09. The topological polar surface area (TPSA) is 37.3 Å². The minimum absolute atomic E-state index is 0.195. The quantitative estimate of drug-likeness (QED) is 0.772. The Labute approximate surface area is 78.2 Å². The van der Waals surface area contributed by atoms with Gasteiger partial charge in [0.25, 0.3) is 0 Å². The minimum atomic E-state index is 0.195. The van der Waals surface area contributed by atoms with E-state index in [9.17, 15) is 4.79 Å². The number of ketones is 1. The van der Waals surface area contributed by atoms with Crippen molar-refractivity contribution >= 4 is 5.78 Å². The van der Waals surface area contributed by atoms with Gasteiger partial charge in [-0.2, -0.15) is 0 Å². The van der Waals surface area contributed by atoms with Crippen molar-refractivity contribution in [3.05, 3.63) is 29.8 Å². The van der Waals surface area contributed by atoms with E-state index in [0.717, 1.165) is 5.56 Å². The second kappa shape index (κ2) is 4.08. The van der Waals surface area contributed by atoms with Crippen LogP contribution in [0.1, 0.15) is 31.7 Å². The van der Waals surface area contributed by atoms with Crippen LogP contribution in [0.5, 0.6) is 5.75 Å². The Bertz CT molecular complexity index is 287. The zero-order chi connectivity index (χ0) is 9.84. The summed E-state index contributed by atoms with van der Waals surface area (Å²) in [6.45, 7) is 3.60. The van der Waals surface area contributed by atoms with Gasteiger partial charge in [0.15, 0.2) is 0 Å². The average Bonchev–Trinajstić information content (AvgIpc) is 2.04. The van der Waals surface area contributed by atoms with Crippen LogP contribution in [-0.4, -0.2) is 10.9 Å². The van der Waals surface area contributed by atoms with Crippen molar-refractivity contribution in [2.75, 3.05) is 0 Å². The minimum Gasteiger partial charge on any atom is -0.508 e. The summed E-state index contributed by atoms with van der Waals surface area (Å²) in [5.41, 5.74) is 1.09. The molecule has 0 aliphatic carbocycles. The second-order valence-electron chi connectivity index (χ2n) is 3.40. The van der Waals surface area contributed by atoms with Crippen molar-refractivity contribution in [2.24, 2.45) is 0 Å². The molecule has 2 nitrogen and oxygen atoms in total. The molecule has 1 aromatic carbocycles. The summed E-state index contributed by atoms with van der Waals surface area (Å²) in [5, 5.41) is 9.05. The molecule has 1 aromatic rings. The van der Waals surface area contributed by atoms with Gasteiger partial charge in [0.05, 0.1) is 0 Å². The number of carbonyl (C=O) groups is 1. The Morgan fingerprint density at radius 2 is 1.92 bits per heavy atom. The number of hydrogen-bond acceptors (Lipinski definition) is 2. The van der Waals surface area contributed by atoms with Crippen LogP contribution in [-0.2, 0) is 4.79 Å². The molecule has 1 atom stereocenters. The average molecular weight is 178 g/mol. The van der Waals surface area contributed by atoms with Gasteiger partial charge in [-0.05, 0) is 30.5 Å². The molecule has 0 bridgehead atoms. The molecule has 0 fully saturated rings. The summed E-state index contributed by atoms with van der Waals surface area (Å²) >= 11 is 0. The summed E-state index contributed by atoms with van der Waals surface area (Å²) < 4.78 is 0. The van der Waals surface area contributed by atoms with Crippen molar-refractivity contribution in [1.82, 2.24) is 0 Å². The van der Waals surface area contributed by atoms with Crippen LogP contribution in [0.25, 0.3) is 0 Å². The molecular formula is C11H14O2. The first-order valence-corrected chi connectivity index (χ1v) is 4.38. The fourth-order valence-corrected chi connectivity index (χ4v) is 1.35. The molecule has 1 rings (SSSR count). The summed E-state index contributed by atoms with van der Waals surface area (Å²) in [7, 11) is 0. The van der Waals surface area contributed by atoms with Crippen LogP contribution in [0.2, 0.25) is 0 Å². The number of phenolic OH excluding ortho intramolecular Hbond substituents is 1. The lowest BCUT2D eigenvalue weighted by molar-refractivity contribution is -0.117. The van der Waals surface area contributed by atoms with Gasteiger partial charge in [0.2, 0.25) is 0 Å². The van der Waals surface area contributed by atoms with E-state index in [1.165, 1.54) is 0 Å². The highest BCUT2D eigenvalue weighted by molar-refractivity contribution is 5.76. The summed E-state index contributed by atoms with van der Waals surface area (Å²) in [4.78, 5) is 10.8. The van der Waals surface area contributed by atoms with E-state index in [1.807, 2.05) is 19.1 Å². The number of rotatable bonds is 3. The zero-order valence-electron chi connectivity index (χ0n) is 7.95. The third-order valence-corrected chi connectivity index (χ3v) is 2.06. The van der Waals surface area contributed by atoms with Crippen molar-refractivity contribution in [1.29, 1.82) is 0 Å². The van der Waals surface area contributed by atoms with Gasteiger partial charge in [-0.1, -0.05) is 19.1 Å². The highest BCUT2D eigenvalue weighted by Crippen LogP contribution is 2.21. The number of Topliss-reactive ketones (excluding diaryl/α,β-unsaturated/α-hetero) is 1. The van der Waals surface area contributed by atoms with Crippen molar-refractivity contribution in [2.45, 2.75) is 26.2 Å². The molecule has 13 heavy (non-hydrogen) atoms. The molecule has 0 unspecified atom stereocenters. The van der Waals surface area contributed by atoms with E-state index in [4.69, 9.17) is 5.11 Å². The summed E-state index contributed by atoms with van der Waals surface area (Å²) in [6.07, 6.45) is 0.560. The predicted octanol–water partition coefficient (Wildman–Crippen LogP) is 2.47. The lowest BCUT2D eigenvalue weighted by Crippen LogP contribution is -1.99. The van der Waals surface area contributed by atoms with Crippen LogP contribution in [0.4, 0.5) is 0 Å². The highest BCUT2D eigenvalue weighted by atomic mass is 16.3. The van der Waals surface area contributed by atoms with Gasteiger partial charge in [0.1, 0.15) is 11.5 Å². The van der Waals surface area contributed by atoms with Crippen molar-refractivity contribution in [3.8, 4) is 5.75 Å². The van der Waals surface area contributed by atoms with Crippen LogP contribution >= 0.6 is 0 Å². The fraction of sp³-hybridized carbons (Fsp3) is 0.364. The van der Waals surface area contributed by atoms with Crippen molar-refractivity contribution < 1.29 is 9.90 Å². The van der Waals surface area contributed by atoms with E-state index < -0.39 is 0 Å². The molecule has 1 N–H and O–H groups in total. The molecule has 0 radical (unpaired) electrons. The molecule has 0 aromatic heterocycles. The van der Waals surface area contributed by atoms with Gasteiger partial charge in [-0.3, -0.25) is 0 Å². The van der Waals surface area contributed by atoms with Gasteiger partial charge in [0, 0.05) is 6.42 Å². The van der Waals surface area contributed by atoms with E-state index in [2.05, 4.69) is 0 Å². The second-order valence-corrected chi connectivity index (χ2v) is 3.40. The smallest absolute Gasteiger partial charge is 0.130 e. The standard InChI is InChI=1S/C11H14O2/c1-8(7-9(2)12)10-3-5-11(13)6-4-10/h3-6,8,13H,7H2,1-2H3/t8-/m1/s1. The maximum absolute atomic E-state index is 10.8. The van der Waals surface area contributed by atoms with E-state index in [1.54, 1.807) is 19.1 Å².